The van der Waals surface area contributed by atoms with Gasteiger partial charge < -0.3 is 14.6 Å². The van der Waals surface area contributed by atoms with Crippen molar-refractivity contribution in [2.24, 2.45) is 0 Å². The van der Waals surface area contributed by atoms with Crippen molar-refractivity contribution < 1.29 is 19.4 Å². The Morgan fingerprint density at radius 2 is 2.26 bits per heavy atom. The number of benzene rings is 1. The average molecular weight is 260 g/mol. The zero-order valence-electron chi connectivity index (χ0n) is 10.8. The number of methoxy groups -OCH3 is 1. The first-order valence-corrected chi connectivity index (χ1v) is 5.82. The average Bonchev–Trinajstić information content (AvgIpc) is 2.42. The van der Waals surface area contributed by atoms with Gasteiger partial charge in [0.25, 0.3) is 0 Å². The van der Waals surface area contributed by atoms with E-state index in [1.54, 1.807) is 18.2 Å². The smallest absolute Gasteiger partial charge is 0.328 e. The molecule has 1 aromatic rings. The summed E-state index contributed by atoms with van der Waals surface area (Å²) in [5.74, 6) is 2.73. The molecule has 0 saturated carbocycles. The quantitative estimate of drug-likeness (QED) is 0.465. The first-order valence-electron chi connectivity index (χ1n) is 5.82. The van der Waals surface area contributed by atoms with Crippen molar-refractivity contribution in [3.63, 3.8) is 0 Å². The molecule has 0 atom stereocenters. The number of hydrogen-bond donors (Lipinski definition) is 1. The van der Waals surface area contributed by atoms with Crippen LogP contribution in [0.2, 0.25) is 0 Å². The van der Waals surface area contributed by atoms with Gasteiger partial charge in [-0.05, 0) is 30.2 Å². The minimum atomic E-state index is -0.992. The highest BCUT2D eigenvalue weighted by molar-refractivity contribution is 5.85. The number of hydrogen-bond acceptors (Lipinski definition) is 3. The molecular weight excluding hydrogens is 244 g/mol. The SMILES string of the molecule is C#CCCCOc1ccc(/C=C/C(=O)O)cc1OC. The third kappa shape index (κ3) is 5.17. The van der Waals surface area contributed by atoms with Crippen LogP contribution >= 0.6 is 0 Å². The molecule has 0 unspecified atom stereocenters. The van der Waals surface area contributed by atoms with Gasteiger partial charge in [0, 0.05) is 12.5 Å². The van der Waals surface area contributed by atoms with E-state index in [-0.39, 0.29) is 0 Å². The summed E-state index contributed by atoms with van der Waals surface area (Å²) < 4.78 is 10.8. The lowest BCUT2D eigenvalue weighted by molar-refractivity contribution is -0.131. The molecule has 4 heteroatoms. The van der Waals surface area contributed by atoms with Gasteiger partial charge in [-0.1, -0.05) is 6.07 Å². The van der Waals surface area contributed by atoms with Crippen LogP contribution in [0.3, 0.4) is 0 Å². The Hall–Kier alpha value is -2.41. The number of unbranched alkanes of at least 4 members (excludes halogenated alkanes) is 1. The number of carboxylic acid groups (broad SMARTS) is 1. The molecule has 0 fully saturated rings. The van der Waals surface area contributed by atoms with E-state index in [0.717, 1.165) is 18.1 Å². The summed E-state index contributed by atoms with van der Waals surface area (Å²) >= 11 is 0. The Labute approximate surface area is 112 Å². The van der Waals surface area contributed by atoms with Crippen molar-refractivity contribution in [3.8, 4) is 23.8 Å². The highest BCUT2D eigenvalue weighted by Gasteiger charge is 2.04. The molecule has 0 radical (unpaired) electrons. The van der Waals surface area contributed by atoms with Crippen LogP contribution < -0.4 is 9.47 Å². The van der Waals surface area contributed by atoms with Gasteiger partial charge >= 0.3 is 5.97 Å². The van der Waals surface area contributed by atoms with E-state index >= 15 is 0 Å². The molecule has 0 heterocycles. The Bertz CT molecular complexity index is 497. The zero-order chi connectivity index (χ0) is 14.1. The summed E-state index contributed by atoms with van der Waals surface area (Å²) in [7, 11) is 1.54. The number of terminal acetylenes is 1. The molecule has 4 nitrogen and oxygen atoms in total. The summed E-state index contributed by atoms with van der Waals surface area (Å²) in [5.41, 5.74) is 0.732. The second-order valence-corrected chi connectivity index (χ2v) is 3.74. The monoisotopic (exact) mass is 260 g/mol. The maximum absolute atomic E-state index is 10.4. The second-order valence-electron chi connectivity index (χ2n) is 3.74. The molecule has 1 N–H and O–H groups in total. The van der Waals surface area contributed by atoms with Gasteiger partial charge in [-0.15, -0.1) is 12.3 Å². The number of rotatable bonds is 7. The van der Waals surface area contributed by atoms with Crippen LogP contribution in [0, 0.1) is 12.3 Å². The third-order valence-corrected chi connectivity index (χ3v) is 2.33. The molecule has 100 valence electrons. The fourth-order valence-electron chi connectivity index (χ4n) is 1.43. The molecule has 0 bridgehead atoms. The van der Waals surface area contributed by atoms with E-state index in [0.29, 0.717) is 24.5 Å². The second kappa shape index (κ2) is 7.83. The molecular formula is C15H16O4. The van der Waals surface area contributed by atoms with Gasteiger partial charge in [-0.2, -0.15) is 0 Å². The Kier molecular flexibility index (Phi) is 6.04. The fourth-order valence-corrected chi connectivity index (χ4v) is 1.43. The van der Waals surface area contributed by atoms with E-state index < -0.39 is 5.97 Å². The Balaban J connectivity index is 2.73. The number of carboxylic acids is 1. The minimum absolute atomic E-state index is 0.519. The van der Waals surface area contributed by atoms with Crippen LogP contribution in [0.15, 0.2) is 24.3 Å². The number of aliphatic carboxylic acids is 1. The molecule has 0 spiro atoms. The molecule has 19 heavy (non-hydrogen) atoms. The predicted molar refractivity (Wildman–Crippen MR) is 73.2 cm³/mol. The van der Waals surface area contributed by atoms with Crippen LogP contribution in [0.1, 0.15) is 18.4 Å². The lowest BCUT2D eigenvalue weighted by atomic mass is 10.2. The standard InChI is InChI=1S/C15H16O4/c1-3-4-5-10-19-13-8-6-12(7-9-15(16)17)11-14(13)18-2/h1,6-9,11H,4-5,10H2,2H3,(H,16,17)/b9-7+. The van der Waals surface area contributed by atoms with E-state index in [1.807, 2.05) is 0 Å². The van der Waals surface area contributed by atoms with Crippen molar-refractivity contribution in [2.45, 2.75) is 12.8 Å². The van der Waals surface area contributed by atoms with Crippen molar-refractivity contribution >= 4 is 12.0 Å². The highest BCUT2D eigenvalue weighted by Crippen LogP contribution is 2.28. The molecule has 0 aliphatic carbocycles. The lowest BCUT2D eigenvalue weighted by Crippen LogP contribution is -1.99. The lowest BCUT2D eigenvalue weighted by Gasteiger charge is -2.10. The molecule has 1 rings (SSSR count). The van der Waals surface area contributed by atoms with Gasteiger partial charge in [0.1, 0.15) is 0 Å². The predicted octanol–water partition coefficient (Wildman–Crippen LogP) is 2.59. The van der Waals surface area contributed by atoms with Crippen molar-refractivity contribution in [2.75, 3.05) is 13.7 Å². The highest BCUT2D eigenvalue weighted by atomic mass is 16.5. The van der Waals surface area contributed by atoms with Crippen molar-refractivity contribution in [1.82, 2.24) is 0 Å². The molecule has 0 saturated heterocycles. The topological polar surface area (TPSA) is 55.8 Å². The van der Waals surface area contributed by atoms with Crippen molar-refractivity contribution in [1.29, 1.82) is 0 Å². The summed E-state index contributed by atoms with van der Waals surface area (Å²) in [6.45, 7) is 0.519. The van der Waals surface area contributed by atoms with Crippen LogP contribution in [-0.2, 0) is 4.79 Å². The van der Waals surface area contributed by atoms with Gasteiger partial charge in [0.15, 0.2) is 11.5 Å². The molecule has 1 aromatic carbocycles. The first kappa shape index (κ1) is 14.7. The largest absolute Gasteiger partial charge is 0.493 e. The van der Waals surface area contributed by atoms with Gasteiger partial charge in [0.05, 0.1) is 13.7 Å². The van der Waals surface area contributed by atoms with Crippen LogP contribution in [-0.4, -0.2) is 24.8 Å². The zero-order valence-corrected chi connectivity index (χ0v) is 10.8. The maximum atomic E-state index is 10.4. The van der Waals surface area contributed by atoms with E-state index in [1.165, 1.54) is 13.2 Å². The summed E-state index contributed by atoms with van der Waals surface area (Å²) in [6, 6.07) is 5.23. The number of ether oxygens (including phenoxy) is 2. The van der Waals surface area contributed by atoms with Crippen LogP contribution in [0.5, 0.6) is 11.5 Å². The summed E-state index contributed by atoms with van der Waals surface area (Å²) in [4.78, 5) is 10.4. The summed E-state index contributed by atoms with van der Waals surface area (Å²) in [5, 5.41) is 8.56. The molecule has 0 amide bonds. The van der Waals surface area contributed by atoms with Crippen LogP contribution in [0.25, 0.3) is 6.08 Å². The number of carbonyl (C=O) groups is 1. The van der Waals surface area contributed by atoms with Gasteiger partial charge in [-0.25, -0.2) is 4.79 Å². The van der Waals surface area contributed by atoms with Gasteiger partial charge in [0.2, 0.25) is 0 Å². The van der Waals surface area contributed by atoms with Crippen LogP contribution in [0.4, 0.5) is 0 Å². The maximum Gasteiger partial charge on any atom is 0.328 e. The normalized spacial score (nSPS) is 10.1. The van der Waals surface area contributed by atoms with E-state index in [4.69, 9.17) is 21.0 Å². The molecule has 0 aliphatic heterocycles. The minimum Gasteiger partial charge on any atom is -0.493 e. The molecule has 0 aromatic heterocycles. The van der Waals surface area contributed by atoms with E-state index in [2.05, 4.69) is 5.92 Å². The van der Waals surface area contributed by atoms with E-state index in [9.17, 15) is 4.79 Å². The fraction of sp³-hybridized carbons (Fsp3) is 0.267. The van der Waals surface area contributed by atoms with Crippen molar-refractivity contribution in [3.05, 3.63) is 29.8 Å². The summed E-state index contributed by atoms with van der Waals surface area (Å²) in [6.07, 6.45) is 9.17. The van der Waals surface area contributed by atoms with Gasteiger partial charge in [-0.3, -0.25) is 0 Å². The first-order chi connectivity index (χ1) is 9.17. The third-order valence-electron chi connectivity index (χ3n) is 2.33. The Morgan fingerprint density at radius 1 is 1.47 bits per heavy atom. The Morgan fingerprint density at radius 3 is 2.89 bits per heavy atom. The molecule has 0 aliphatic rings.